The van der Waals surface area contributed by atoms with Crippen LogP contribution in [0.3, 0.4) is 0 Å². The Morgan fingerprint density at radius 1 is 1.35 bits per heavy atom. The van der Waals surface area contributed by atoms with Crippen LogP contribution in [0, 0.1) is 0 Å². The van der Waals surface area contributed by atoms with E-state index in [1.165, 1.54) is 0 Å². The average molecular weight is 301 g/mol. The monoisotopic (exact) mass is 300 g/mol. The van der Waals surface area contributed by atoms with Crippen molar-refractivity contribution in [2.75, 3.05) is 19.7 Å². The molecule has 114 valence electrons. The molecule has 20 heavy (non-hydrogen) atoms. The Morgan fingerprint density at radius 3 is 2.65 bits per heavy atom. The zero-order chi connectivity index (χ0) is 14.9. The van der Waals surface area contributed by atoms with Crippen molar-refractivity contribution >= 4 is 11.6 Å². The Labute approximate surface area is 126 Å². The summed E-state index contributed by atoms with van der Waals surface area (Å²) < 4.78 is 7.76. The molecule has 0 bridgehead atoms. The number of halogens is 1. The average Bonchev–Trinajstić information content (AvgIpc) is 2.80. The Balaban J connectivity index is 2.18. The Kier molecular flexibility index (Phi) is 5.07. The van der Waals surface area contributed by atoms with Crippen molar-refractivity contribution < 1.29 is 4.74 Å². The zero-order valence-corrected chi connectivity index (χ0v) is 13.5. The molecule has 1 aromatic heterocycles. The molecule has 6 heteroatoms. The van der Waals surface area contributed by atoms with Crippen molar-refractivity contribution in [1.82, 2.24) is 14.7 Å². The lowest BCUT2D eigenvalue weighted by atomic mass is 10.1. The maximum absolute atomic E-state index is 6.42. The van der Waals surface area contributed by atoms with Crippen molar-refractivity contribution in [3.05, 3.63) is 16.9 Å². The van der Waals surface area contributed by atoms with E-state index in [0.29, 0.717) is 17.7 Å². The highest BCUT2D eigenvalue weighted by atomic mass is 35.5. The van der Waals surface area contributed by atoms with Crippen LogP contribution in [-0.2, 0) is 4.74 Å². The zero-order valence-electron chi connectivity index (χ0n) is 12.7. The van der Waals surface area contributed by atoms with Crippen LogP contribution in [0.15, 0.2) is 6.20 Å². The molecule has 1 fully saturated rings. The molecule has 2 atom stereocenters. The summed E-state index contributed by atoms with van der Waals surface area (Å²) >= 11 is 6.27. The van der Waals surface area contributed by atoms with E-state index < -0.39 is 0 Å². The van der Waals surface area contributed by atoms with Crippen molar-refractivity contribution in [3.8, 4) is 0 Å². The number of nitrogens with two attached hydrogens (primary N) is 1. The fourth-order valence-electron chi connectivity index (χ4n) is 2.63. The molecule has 0 aliphatic carbocycles. The van der Waals surface area contributed by atoms with Gasteiger partial charge in [0.2, 0.25) is 0 Å². The summed E-state index contributed by atoms with van der Waals surface area (Å²) in [7, 11) is 0. The number of ether oxygens (including phenoxy) is 1. The Hall–Kier alpha value is -0.620. The van der Waals surface area contributed by atoms with Gasteiger partial charge in [0.25, 0.3) is 0 Å². The fraction of sp³-hybridized carbons (Fsp3) is 0.786. The fourth-order valence-corrected chi connectivity index (χ4v) is 2.89. The topological polar surface area (TPSA) is 56.3 Å². The molecule has 0 spiro atoms. The maximum Gasteiger partial charge on any atom is 0.0910 e. The molecular weight excluding hydrogens is 276 g/mol. The third-order valence-electron chi connectivity index (χ3n) is 3.85. The van der Waals surface area contributed by atoms with Gasteiger partial charge in [0.1, 0.15) is 0 Å². The third kappa shape index (κ3) is 3.17. The minimum Gasteiger partial charge on any atom is -0.374 e. The first-order valence-electron chi connectivity index (χ1n) is 7.26. The summed E-state index contributed by atoms with van der Waals surface area (Å²) in [6, 6.07) is 0.473. The molecule has 0 aromatic carbocycles. The van der Waals surface area contributed by atoms with Crippen LogP contribution in [0.2, 0.25) is 5.02 Å². The van der Waals surface area contributed by atoms with Gasteiger partial charge in [-0.15, -0.1) is 0 Å². The molecule has 5 nitrogen and oxygen atoms in total. The van der Waals surface area contributed by atoms with Crippen LogP contribution in [0.4, 0.5) is 0 Å². The molecule has 0 radical (unpaired) electrons. The van der Waals surface area contributed by atoms with Gasteiger partial charge in [0.05, 0.1) is 35.7 Å². The van der Waals surface area contributed by atoms with Gasteiger partial charge in [-0.05, 0) is 27.7 Å². The van der Waals surface area contributed by atoms with Crippen molar-refractivity contribution in [2.45, 2.75) is 51.9 Å². The van der Waals surface area contributed by atoms with Crippen LogP contribution in [0.1, 0.15) is 45.5 Å². The highest BCUT2D eigenvalue weighted by Crippen LogP contribution is 2.28. The predicted molar refractivity (Wildman–Crippen MR) is 81.0 cm³/mol. The lowest BCUT2D eigenvalue weighted by Crippen LogP contribution is -2.49. The molecule has 2 unspecified atom stereocenters. The molecule has 1 aromatic rings. The van der Waals surface area contributed by atoms with E-state index in [2.05, 4.69) is 37.7 Å². The number of aromatic nitrogens is 2. The molecule has 2 heterocycles. The number of nitrogens with zero attached hydrogens (tertiary/aromatic N) is 3. The second-order valence-electron chi connectivity index (χ2n) is 5.94. The van der Waals surface area contributed by atoms with Gasteiger partial charge in [-0.2, -0.15) is 5.10 Å². The van der Waals surface area contributed by atoms with Gasteiger partial charge >= 0.3 is 0 Å². The normalized spacial score (nSPS) is 22.7. The number of rotatable bonds is 4. The Bertz CT molecular complexity index is 446. The predicted octanol–water partition coefficient (Wildman–Crippen LogP) is 2.23. The van der Waals surface area contributed by atoms with E-state index in [1.807, 2.05) is 4.68 Å². The Morgan fingerprint density at radius 2 is 2.05 bits per heavy atom. The van der Waals surface area contributed by atoms with Crippen molar-refractivity contribution in [2.24, 2.45) is 5.73 Å². The van der Waals surface area contributed by atoms with Crippen LogP contribution in [0.5, 0.6) is 0 Å². The van der Waals surface area contributed by atoms with Gasteiger partial charge in [0, 0.05) is 25.2 Å². The first kappa shape index (κ1) is 15.8. The van der Waals surface area contributed by atoms with Crippen molar-refractivity contribution in [3.63, 3.8) is 0 Å². The minimum atomic E-state index is -0.256. The summed E-state index contributed by atoms with van der Waals surface area (Å²) in [6.07, 6.45) is 1.62. The van der Waals surface area contributed by atoms with Gasteiger partial charge < -0.3 is 10.5 Å². The lowest BCUT2D eigenvalue weighted by Gasteiger charge is -2.38. The van der Waals surface area contributed by atoms with E-state index in [0.717, 1.165) is 18.8 Å². The van der Waals surface area contributed by atoms with Crippen LogP contribution >= 0.6 is 11.6 Å². The summed E-state index contributed by atoms with van der Waals surface area (Å²) in [5, 5.41) is 4.94. The number of hydrogen-bond donors (Lipinski definition) is 1. The standard InChI is InChI=1S/C14H25ClN4O/c1-9(2)18-5-6-20-12(8-18)13(16)14-11(15)7-17-19(14)10(3)4/h7,9-10,12-13H,5-6,8,16H2,1-4H3. The summed E-state index contributed by atoms with van der Waals surface area (Å²) in [5.41, 5.74) is 7.29. The minimum absolute atomic E-state index is 0.0437. The van der Waals surface area contributed by atoms with E-state index in [9.17, 15) is 0 Å². The highest BCUT2D eigenvalue weighted by molar-refractivity contribution is 6.31. The molecule has 0 saturated carbocycles. The van der Waals surface area contributed by atoms with Gasteiger partial charge in [-0.25, -0.2) is 0 Å². The molecule has 1 saturated heterocycles. The van der Waals surface area contributed by atoms with Crippen LogP contribution in [-0.4, -0.2) is 46.5 Å². The molecule has 1 aliphatic rings. The molecule has 2 rings (SSSR count). The molecule has 2 N–H and O–H groups in total. The second kappa shape index (κ2) is 6.43. The quantitative estimate of drug-likeness (QED) is 0.926. The highest BCUT2D eigenvalue weighted by Gasteiger charge is 2.31. The summed E-state index contributed by atoms with van der Waals surface area (Å²) in [4.78, 5) is 2.39. The lowest BCUT2D eigenvalue weighted by molar-refractivity contribution is -0.0514. The van der Waals surface area contributed by atoms with Crippen LogP contribution < -0.4 is 5.73 Å². The number of morpholine rings is 1. The first-order valence-corrected chi connectivity index (χ1v) is 7.63. The summed E-state index contributed by atoms with van der Waals surface area (Å²) in [6.45, 7) is 11.0. The van der Waals surface area contributed by atoms with Gasteiger partial charge in [-0.3, -0.25) is 9.58 Å². The smallest absolute Gasteiger partial charge is 0.0910 e. The van der Waals surface area contributed by atoms with Crippen molar-refractivity contribution in [1.29, 1.82) is 0 Å². The molecular formula is C14H25ClN4O. The molecule has 1 aliphatic heterocycles. The maximum atomic E-state index is 6.42. The third-order valence-corrected chi connectivity index (χ3v) is 4.14. The molecule has 0 amide bonds. The largest absolute Gasteiger partial charge is 0.374 e. The van der Waals surface area contributed by atoms with E-state index in [-0.39, 0.29) is 18.2 Å². The van der Waals surface area contributed by atoms with E-state index >= 15 is 0 Å². The van der Waals surface area contributed by atoms with Gasteiger partial charge in [0.15, 0.2) is 0 Å². The van der Waals surface area contributed by atoms with Crippen LogP contribution in [0.25, 0.3) is 0 Å². The summed E-state index contributed by atoms with van der Waals surface area (Å²) in [5.74, 6) is 0. The van der Waals surface area contributed by atoms with Gasteiger partial charge in [-0.1, -0.05) is 11.6 Å². The van der Waals surface area contributed by atoms with E-state index in [1.54, 1.807) is 6.20 Å². The van der Waals surface area contributed by atoms with E-state index in [4.69, 9.17) is 22.1 Å². The number of hydrogen-bond acceptors (Lipinski definition) is 4. The first-order chi connectivity index (χ1) is 9.41. The SMILES string of the molecule is CC(C)N1CCOC(C(N)c2c(Cl)cnn2C(C)C)C1. The second-order valence-corrected chi connectivity index (χ2v) is 6.35.